The number of carbonyl (C=O) groups is 1. The number of amides is 2. The minimum Gasteiger partial charge on any atom is -0.496 e. The highest BCUT2D eigenvalue weighted by Gasteiger charge is 2.25. The number of methoxy groups -OCH3 is 2. The minimum absolute atomic E-state index is 0.146. The number of hydrogen-bond donors (Lipinski definition) is 1. The number of nitrogens with one attached hydrogen (secondary N) is 1. The van der Waals surface area contributed by atoms with E-state index in [1.807, 2.05) is 36.4 Å². The fraction of sp³-hybridized carbons (Fsp3) is 0.316. The first-order chi connectivity index (χ1) is 12.2. The number of ether oxygens (including phenoxy) is 3. The average molecular weight is 342 g/mol. The van der Waals surface area contributed by atoms with Crippen LogP contribution < -0.4 is 14.8 Å². The number of fused-ring (bicyclic) bond motifs is 1. The van der Waals surface area contributed by atoms with Gasteiger partial charge in [-0.05, 0) is 23.8 Å². The molecule has 1 aliphatic rings. The highest BCUT2D eigenvalue weighted by Crippen LogP contribution is 2.31. The van der Waals surface area contributed by atoms with Crippen LogP contribution in [0.5, 0.6) is 11.5 Å². The van der Waals surface area contributed by atoms with E-state index in [4.69, 9.17) is 14.2 Å². The number of urea groups is 1. The molecular formula is C19H22N2O4. The Balaban J connectivity index is 1.63. The fourth-order valence-corrected chi connectivity index (χ4v) is 2.83. The summed E-state index contributed by atoms with van der Waals surface area (Å²) in [4.78, 5) is 14.3. The van der Waals surface area contributed by atoms with Gasteiger partial charge < -0.3 is 24.4 Å². The van der Waals surface area contributed by atoms with Gasteiger partial charge in [0.1, 0.15) is 18.1 Å². The van der Waals surface area contributed by atoms with Crippen molar-refractivity contribution in [2.75, 3.05) is 32.8 Å². The molecule has 1 heterocycles. The molecule has 6 heteroatoms. The van der Waals surface area contributed by atoms with Gasteiger partial charge in [-0.25, -0.2) is 4.79 Å². The molecule has 0 bridgehead atoms. The first kappa shape index (κ1) is 17.1. The van der Waals surface area contributed by atoms with Gasteiger partial charge in [-0.3, -0.25) is 0 Å². The second-order valence-corrected chi connectivity index (χ2v) is 5.75. The lowest BCUT2D eigenvalue weighted by molar-refractivity contribution is 0.146. The molecule has 0 atom stereocenters. The van der Waals surface area contributed by atoms with Crippen LogP contribution >= 0.6 is 0 Å². The van der Waals surface area contributed by atoms with Gasteiger partial charge in [-0.15, -0.1) is 0 Å². The highest BCUT2D eigenvalue weighted by molar-refractivity contribution is 5.90. The molecule has 25 heavy (non-hydrogen) atoms. The monoisotopic (exact) mass is 342 g/mol. The molecule has 2 aromatic carbocycles. The van der Waals surface area contributed by atoms with Gasteiger partial charge in [-0.1, -0.05) is 18.2 Å². The molecule has 2 aromatic rings. The van der Waals surface area contributed by atoms with Crippen molar-refractivity contribution in [2.24, 2.45) is 0 Å². The van der Waals surface area contributed by atoms with E-state index < -0.39 is 0 Å². The molecule has 0 fully saturated rings. The summed E-state index contributed by atoms with van der Waals surface area (Å²) in [6.07, 6.45) is 0. The third kappa shape index (κ3) is 4.03. The average Bonchev–Trinajstić information content (AvgIpc) is 3.07. The molecule has 6 nitrogen and oxygen atoms in total. The Hall–Kier alpha value is -2.73. The summed E-state index contributed by atoms with van der Waals surface area (Å²) in [7, 11) is 3.27. The summed E-state index contributed by atoms with van der Waals surface area (Å²) in [5.74, 6) is 1.52. The van der Waals surface area contributed by atoms with E-state index in [9.17, 15) is 4.79 Å². The number of carbonyl (C=O) groups excluding carboxylic acids is 1. The number of nitrogens with zero attached hydrogens (tertiary/aromatic N) is 1. The lowest BCUT2D eigenvalue weighted by Crippen LogP contribution is -2.30. The van der Waals surface area contributed by atoms with Gasteiger partial charge in [0.15, 0.2) is 0 Å². The summed E-state index contributed by atoms with van der Waals surface area (Å²) in [5, 5.41) is 2.92. The predicted molar refractivity (Wildman–Crippen MR) is 95.1 cm³/mol. The Kier molecular flexibility index (Phi) is 5.40. The van der Waals surface area contributed by atoms with Crippen LogP contribution in [0.25, 0.3) is 0 Å². The molecule has 0 unspecified atom stereocenters. The molecule has 0 saturated heterocycles. The largest absolute Gasteiger partial charge is 0.496 e. The Bertz CT molecular complexity index is 748. The number of benzene rings is 2. The zero-order chi connectivity index (χ0) is 17.6. The summed E-state index contributed by atoms with van der Waals surface area (Å²) < 4.78 is 15.9. The zero-order valence-corrected chi connectivity index (χ0v) is 14.5. The lowest BCUT2D eigenvalue weighted by Gasteiger charge is -2.17. The summed E-state index contributed by atoms with van der Waals surface area (Å²) >= 11 is 0. The minimum atomic E-state index is -0.146. The maximum absolute atomic E-state index is 12.6. The first-order valence-electron chi connectivity index (χ1n) is 8.13. The SMILES string of the molecule is COCCOc1cccc(NC(=O)N2Cc3cccc(OC)c3C2)c1. The van der Waals surface area contributed by atoms with Crippen molar-refractivity contribution in [3.8, 4) is 11.5 Å². The molecule has 0 radical (unpaired) electrons. The summed E-state index contributed by atoms with van der Waals surface area (Å²) in [6.45, 7) is 2.09. The Morgan fingerprint density at radius 1 is 1.12 bits per heavy atom. The van der Waals surface area contributed by atoms with E-state index in [2.05, 4.69) is 5.32 Å². The van der Waals surface area contributed by atoms with Crippen molar-refractivity contribution in [3.63, 3.8) is 0 Å². The first-order valence-corrected chi connectivity index (χ1v) is 8.13. The van der Waals surface area contributed by atoms with E-state index in [1.165, 1.54) is 0 Å². The van der Waals surface area contributed by atoms with Crippen LogP contribution in [0.1, 0.15) is 11.1 Å². The molecule has 0 aromatic heterocycles. The van der Waals surface area contributed by atoms with Gasteiger partial charge in [0.2, 0.25) is 0 Å². The molecule has 3 rings (SSSR count). The molecule has 0 aliphatic carbocycles. The predicted octanol–water partition coefficient (Wildman–Crippen LogP) is 3.27. The van der Waals surface area contributed by atoms with Crippen molar-refractivity contribution in [2.45, 2.75) is 13.1 Å². The Labute approximate surface area is 147 Å². The lowest BCUT2D eigenvalue weighted by atomic mass is 10.1. The molecule has 2 amide bonds. The van der Waals surface area contributed by atoms with Crippen LogP contribution in [-0.2, 0) is 17.8 Å². The topological polar surface area (TPSA) is 60.0 Å². The third-order valence-electron chi connectivity index (χ3n) is 4.09. The van der Waals surface area contributed by atoms with Crippen molar-refractivity contribution < 1.29 is 19.0 Å². The van der Waals surface area contributed by atoms with Gasteiger partial charge in [-0.2, -0.15) is 0 Å². The van der Waals surface area contributed by atoms with Crippen LogP contribution in [-0.4, -0.2) is 38.4 Å². The van der Waals surface area contributed by atoms with Crippen molar-refractivity contribution in [3.05, 3.63) is 53.6 Å². The third-order valence-corrected chi connectivity index (χ3v) is 4.09. The van der Waals surface area contributed by atoms with E-state index in [0.717, 1.165) is 16.9 Å². The Morgan fingerprint density at radius 3 is 2.76 bits per heavy atom. The number of anilines is 1. The van der Waals surface area contributed by atoms with E-state index in [1.54, 1.807) is 25.2 Å². The van der Waals surface area contributed by atoms with Gasteiger partial charge in [0.25, 0.3) is 0 Å². The van der Waals surface area contributed by atoms with Crippen LogP contribution in [0.4, 0.5) is 10.5 Å². The molecule has 132 valence electrons. The van der Waals surface area contributed by atoms with E-state index in [0.29, 0.717) is 37.7 Å². The second kappa shape index (κ2) is 7.90. The number of hydrogen-bond acceptors (Lipinski definition) is 4. The molecule has 0 spiro atoms. The quantitative estimate of drug-likeness (QED) is 0.819. The molecule has 1 aliphatic heterocycles. The maximum Gasteiger partial charge on any atom is 0.322 e. The van der Waals surface area contributed by atoms with Crippen molar-refractivity contribution in [1.29, 1.82) is 0 Å². The van der Waals surface area contributed by atoms with Gasteiger partial charge in [0, 0.05) is 31.0 Å². The van der Waals surface area contributed by atoms with Crippen LogP contribution in [0.2, 0.25) is 0 Å². The summed E-state index contributed by atoms with van der Waals surface area (Å²) in [5.41, 5.74) is 2.88. The number of rotatable bonds is 6. The maximum atomic E-state index is 12.6. The molecular weight excluding hydrogens is 320 g/mol. The normalized spacial score (nSPS) is 12.6. The second-order valence-electron chi connectivity index (χ2n) is 5.75. The van der Waals surface area contributed by atoms with E-state index >= 15 is 0 Å². The fourth-order valence-electron chi connectivity index (χ4n) is 2.83. The zero-order valence-electron chi connectivity index (χ0n) is 14.5. The van der Waals surface area contributed by atoms with Crippen LogP contribution in [0.3, 0.4) is 0 Å². The Morgan fingerprint density at radius 2 is 1.96 bits per heavy atom. The van der Waals surface area contributed by atoms with Crippen molar-refractivity contribution in [1.82, 2.24) is 4.90 Å². The van der Waals surface area contributed by atoms with Crippen LogP contribution in [0, 0.1) is 0 Å². The van der Waals surface area contributed by atoms with Crippen molar-refractivity contribution >= 4 is 11.7 Å². The van der Waals surface area contributed by atoms with Gasteiger partial charge in [0.05, 0.1) is 20.3 Å². The molecule has 1 N–H and O–H groups in total. The van der Waals surface area contributed by atoms with E-state index in [-0.39, 0.29) is 6.03 Å². The smallest absolute Gasteiger partial charge is 0.322 e. The van der Waals surface area contributed by atoms with Crippen LogP contribution in [0.15, 0.2) is 42.5 Å². The summed E-state index contributed by atoms with van der Waals surface area (Å²) in [6, 6.07) is 13.1. The van der Waals surface area contributed by atoms with Gasteiger partial charge >= 0.3 is 6.03 Å². The molecule has 0 saturated carbocycles. The standard InChI is InChI=1S/C19H22N2O4/c1-23-9-10-25-16-7-4-6-15(11-16)20-19(22)21-12-14-5-3-8-18(24-2)17(14)13-21/h3-8,11H,9-10,12-13H2,1-2H3,(H,20,22). The highest BCUT2D eigenvalue weighted by atomic mass is 16.5.